The predicted octanol–water partition coefficient (Wildman–Crippen LogP) is 5.13. The highest BCUT2D eigenvalue weighted by Gasteiger charge is 2.38. The van der Waals surface area contributed by atoms with E-state index in [1.165, 1.54) is 30.0 Å². The minimum Gasteiger partial charge on any atom is -0.335 e. The zero-order valence-corrected chi connectivity index (χ0v) is 19.0. The van der Waals surface area contributed by atoms with Crippen LogP contribution in [0.4, 0.5) is 4.79 Å². The molecule has 2 bridgehead atoms. The predicted molar refractivity (Wildman–Crippen MR) is 131 cm³/mol. The van der Waals surface area contributed by atoms with Crippen LogP contribution in [0.3, 0.4) is 0 Å². The highest BCUT2D eigenvalue weighted by atomic mass is 16.2. The molecule has 1 saturated carbocycles. The minimum absolute atomic E-state index is 0.0735. The number of likely N-dealkylation sites (tertiary alicyclic amines) is 1. The second kappa shape index (κ2) is 8.36. The van der Waals surface area contributed by atoms with Crippen LogP contribution in [0.2, 0.25) is 0 Å². The molecule has 5 heteroatoms. The number of rotatable bonds is 2. The van der Waals surface area contributed by atoms with Crippen LogP contribution in [-0.4, -0.2) is 34.6 Å². The number of fused-ring (bicyclic) bond motifs is 5. The van der Waals surface area contributed by atoms with Crippen LogP contribution in [0, 0.1) is 5.92 Å². The number of urea groups is 1. The first kappa shape index (κ1) is 20.5. The second-order valence-electron chi connectivity index (χ2n) is 10.1. The fraction of sp³-hybridized carbons (Fsp3) is 0.429. The first-order chi connectivity index (χ1) is 16.2. The van der Waals surface area contributed by atoms with Crippen molar-refractivity contribution >= 4 is 16.8 Å². The number of amides is 2. The number of hydrogen-bond acceptors (Lipinski definition) is 2. The average molecular weight is 442 g/mol. The monoisotopic (exact) mass is 441 g/mol. The van der Waals surface area contributed by atoms with Gasteiger partial charge < -0.3 is 14.8 Å². The SMILES string of the molecule is O=C(NC1CCCCC1)N1CC2CC(C1)c1c(-c3ccc4ccccc4c3)ccc(=O)n1C2. The van der Waals surface area contributed by atoms with E-state index in [0.29, 0.717) is 25.0 Å². The Morgan fingerprint density at radius 1 is 0.879 bits per heavy atom. The van der Waals surface area contributed by atoms with Crippen LogP contribution < -0.4 is 10.9 Å². The zero-order chi connectivity index (χ0) is 22.4. The summed E-state index contributed by atoms with van der Waals surface area (Å²) in [5.41, 5.74) is 3.44. The van der Waals surface area contributed by atoms with E-state index in [4.69, 9.17) is 0 Å². The lowest BCUT2D eigenvalue weighted by molar-refractivity contribution is 0.128. The Hall–Kier alpha value is -3.08. The van der Waals surface area contributed by atoms with Crippen LogP contribution in [0.15, 0.2) is 59.4 Å². The van der Waals surface area contributed by atoms with E-state index in [-0.39, 0.29) is 17.5 Å². The third-order valence-electron chi connectivity index (χ3n) is 7.87. The van der Waals surface area contributed by atoms with Crippen LogP contribution in [0.1, 0.15) is 50.1 Å². The Labute approximate surface area is 194 Å². The van der Waals surface area contributed by atoms with Gasteiger partial charge in [-0.05, 0) is 53.6 Å². The van der Waals surface area contributed by atoms with Gasteiger partial charge in [-0.3, -0.25) is 4.79 Å². The highest BCUT2D eigenvalue weighted by Crippen LogP contribution is 2.40. The molecule has 33 heavy (non-hydrogen) atoms. The third kappa shape index (κ3) is 3.84. The van der Waals surface area contributed by atoms with Crippen molar-refractivity contribution < 1.29 is 4.79 Å². The molecule has 2 aromatic carbocycles. The molecule has 3 aromatic rings. The Bertz CT molecular complexity index is 1260. The summed E-state index contributed by atoms with van der Waals surface area (Å²) >= 11 is 0. The molecule has 3 heterocycles. The Kier molecular flexibility index (Phi) is 5.20. The minimum atomic E-state index is 0.0735. The second-order valence-corrected chi connectivity index (χ2v) is 10.1. The maximum Gasteiger partial charge on any atom is 0.317 e. The molecule has 0 radical (unpaired) electrons. The number of carbonyl (C=O) groups excluding carboxylic acids is 1. The van der Waals surface area contributed by atoms with E-state index in [9.17, 15) is 9.59 Å². The smallest absolute Gasteiger partial charge is 0.317 e. The molecule has 1 saturated heterocycles. The molecule has 170 valence electrons. The molecule has 2 amide bonds. The normalized spacial score (nSPS) is 22.7. The summed E-state index contributed by atoms with van der Waals surface area (Å²) in [7, 11) is 0. The quantitative estimate of drug-likeness (QED) is 0.599. The van der Waals surface area contributed by atoms with E-state index >= 15 is 0 Å². The lowest BCUT2D eigenvalue weighted by Gasteiger charge is -2.44. The Morgan fingerprint density at radius 3 is 2.55 bits per heavy atom. The number of nitrogens with one attached hydrogen (secondary N) is 1. The first-order valence-electron chi connectivity index (χ1n) is 12.4. The van der Waals surface area contributed by atoms with Gasteiger partial charge in [0.2, 0.25) is 0 Å². The topological polar surface area (TPSA) is 54.3 Å². The van der Waals surface area contributed by atoms with Crippen LogP contribution in [0.5, 0.6) is 0 Å². The number of benzene rings is 2. The van der Waals surface area contributed by atoms with Crippen molar-refractivity contribution in [3.8, 4) is 11.1 Å². The van der Waals surface area contributed by atoms with Gasteiger partial charge >= 0.3 is 6.03 Å². The number of pyridine rings is 1. The standard InChI is InChI=1S/C28H31N3O2/c32-26-13-12-25(22-11-10-20-6-4-5-7-21(20)15-22)27-23-14-19(17-31(26)27)16-30(18-23)28(33)29-24-8-2-1-3-9-24/h4-7,10-13,15,19,23-24H,1-3,8-9,14,16-18H2,(H,29,33). The van der Waals surface area contributed by atoms with E-state index in [1.54, 1.807) is 6.07 Å². The summed E-state index contributed by atoms with van der Waals surface area (Å²) in [6.07, 6.45) is 6.93. The van der Waals surface area contributed by atoms with Crippen LogP contribution >= 0.6 is 0 Å². The van der Waals surface area contributed by atoms with Crippen LogP contribution in [0.25, 0.3) is 21.9 Å². The number of hydrogen-bond donors (Lipinski definition) is 1. The summed E-state index contributed by atoms with van der Waals surface area (Å²) < 4.78 is 1.99. The Balaban J connectivity index is 1.33. The molecule has 3 aliphatic rings. The molecule has 1 aliphatic carbocycles. The van der Waals surface area contributed by atoms with Crippen molar-refractivity contribution in [2.75, 3.05) is 13.1 Å². The van der Waals surface area contributed by atoms with Crippen molar-refractivity contribution in [2.24, 2.45) is 5.92 Å². The molecule has 1 aromatic heterocycles. The highest BCUT2D eigenvalue weighted by molar-refractivity contribution is 5.87. The van der Waals surface area contributed by atoms with Gasteiger partial charge in [0.25, 0.3) is 5.56 Å². The Morgan fingerprint density at radius 2 is 1.70 bits per heavy atom. The van der Waals surface area contributed by atoms with E-state index in [0.717, 1.165) is 42.6 Å². The van der Waals surface area contributed by atoms with Gasteiger partial charge in [0, 0.05) is 48.9 Å². The summed E-state index contributed by atoms with van der Waals surface area (Å²) in [4.78, 5) is 28.0. The van der Waals surface area contributed by atoms with Crippen molar-refractivity contribution in [3.63, 3.8) is 0 Å². The zero-order valence-electron chi connectivity index (χ0n) is 19.0. The van der Waals surface area contributed by atoms with Gasteiger partial charge in [-0.15, -0.1) is 0 Å². The van der Waals surface area contributed by atoms with Crippen molar-refractivity contribution in [1.82, 2.24) is 14.8 Å². The summed E-state index contributed by atoms with van der Waals surface area (Å²) in [6.45, 7) is 2.11. The average Bonchev–Trinajstić information content (AvgIpc) is 2.85. The molecule has 0 spiro atoms. The summed E-state index contributed by atoms with van der Waals surface area (Å²) in [5.74, 6) is 0.517. The number of nitrogens with zero attached hydrogens (tertiary/aromatic N) is 2. The molecular weight excluding hydrogens is 410 g/mol. The molecule has 5 nitrogen and oxygen atoms in total. The molecule has 1 N–H and O–H groups in total. The molecule has 2 aliphatic heterocycles. The molecular formula is C28H31N3O2. The van der Waals surface area contributed by atoms with Gasteiger partial charge in [0.05, 0.1) is 0 Å². The van der Waals surface area contributed by atoms with Gasteiger partial charge in [0.1, 0.15) is 0 Å². The number of piperidine rings is 1. The lowest BCUT2D eigenvalue weighted by Crippen LogP contribution is -2.53. The lowest BCUT2D eigenvalue weighted by atomic mass is 9.80. The van der Waals surface area contributed by atoms with E-state index in [1.807, 2.05) is 15.5 Å². The molecule has 2 unspecified atom stereocenters. The van der Waals surface area contributed by atoms with Crippen molar-refractivity contribution in [2.45, 2.75) is 57.0 Å². The fourth-order valence-corrected chi connectivity index (χ4v) is 6.29. The number of carbonyl (C=O) groups is 1. The van der Waals surface area contributed by atoms with Crippen molar-refractivity contribution in [1.29, 1.82) is 0 Å². The van der Waals surface area contributed by atoms with Gasteiger partial charge in [-0.2, -0.15) is 0 Å². The van der Waals surface area contributed by atoms with Gasteiger partial charge in [0.15, 0.2) is 0 Å². The summed E-state index contributed by atoms with van der Waals surface area (Å²) in [5, 5.41) is 5.71. The van der Waals surface area contributed by atoms with Crippen molar-refractivity contribution in [3.05, 3.63) is 70.6 Å². The van der Waals surface area contributed by atoms with Gasteiger partial charge in [-0.25, -0.2) is 4.79 Å². The third-order valence-corrected chi connectivity index (χ3v) is 7.87. The van der Waals surface area contributed by atoms with E-state index < -0.39 is 0 Å². The summed E-state index contributed by atoms with van der Waals surface area (Å²) in [6, 6.07) is 19.0. The maximum atomic E-state index is 13.1. The molecule has 6 rings (SSSR count). The maximum absolute atomic E-state index is 13.1. The number of aromatic nitrogens is 1. The largest absolute Gasteiger partial charge is 0.335 e. The first-order valence-corrected chi connectivity index (χ1v) is 12.4. The van der Waals surface area contributed by atoms with Crippen LogP contribution in [-0.2, 0) is 6.54 Å². The van der Waals surface area contributed by atoms with Gasteiger partial charge in [-0.1, -0.05) is 55.7 Å². The van der Waals surface area contributed by atoms with E-state index in [2.05, 4.69) is 47.8 Å². The fourth-order valence-electron chi connectivity index (χ4n) is 6.29. The molecule has 2 fully saturated rings. The molecule has 2 atom stereocenters.